The highest BCUT2D eigenvalue weighted by atomic mass is 16.5. The molecule has 0 aliphatic carbocycles. The number of hydrogen-bond acceptors (Lipinski definition) is 6. The Balaban J connectivity index is 2.28. The molecule has 0 bridgehead atoms. The Labute approximate surface area is 166 Å². The fourth-order valence-electron chi connectivity index (χ4n) is 2.86. The number of methoxy groups -OCH3 is 1. The van der Waals surface area contributed by atoms with Gasteiger partial charge in [0.2, 0.25) is 0 Å². The van der Waals surface area contributed by atoms with Crippen molar-refractivity contribution in [1.29, 1.82) is 0 Å². The van der Waals surface area contributed by atoms with Crippen LogP contribution in [0.5, 0.6) is 5.75 Å². The summed E-state index contributed by atoms with van der Waals surface area (Å²) in [4.78, 5) is 8.70. The minimum atomic E-state index is -1.05. The van der Waals surface area contributed by atoms with Crippen LogP contribution in [-0.4, -0.2) is 33.1 Å². The largest absolute Gasteiger partial charge is 0.494 e. The Kier molecular flexibility index (Phi) is 7.00. The number of aromatic nitrogens is 2. The van der Waals surface area contributed by atoms with Gasteiger partial charge in [0.15, 0.2) is 0 Å². The number of rotatable bonds is 9. The van der Waals surface area contributed by atoms with Crippen molar-refractivity contribution >= 4 is 11.4 Å². The van der Waals surface area contributed by atoms with Gasteiger partial charge in [0, 0.05) is 18.0 Å². The zero-order chi connectivity index (χ0) is 20.7. The lowest BCUT2D eigenvalue weighted by atomic mass is 9.91. The number of nitrogens with two attached hydrogens (primary N) is 1. The standard InChI is InChI=1S/C21H29N5O2/c1-6-21(27,7-2)20(10-11-22)25-16(4)24-17-8-9-18(19(12-17)28-5)26-13-15(3)23-14-26/h8-14,24,27H,4,6-7,22H2,1-3,5H3/b11-10-,25-20+. The first-order valence-corrected chi connectivity index (χ1v) is 9.21. The highest BCUT2D eigenvalue weighted by Gasteiger charge is 2.27. The maximum absolute atomic E-state index is 10.7. The molecule has 7 heteroatoms. The van der Waals surface area contributed by atoms with Crippen molar-refractivity contribution < 1.29 is 9.84 Å². The number of ether oxygens (including phenoxy) is 1. The van der Waals surface area contributed by atoms with E-state index in [-0.39, 0.29) is 0 Å². The summed E-state index contributed by atoms with van der Waals surface area (Å²) in [7, 11) is 1.62. The quantitative estimate of drug-likeness (QED) is 0.576. The fourth-order valence-corrected chi connectivity index (χ4v) is 2.86. The summed E-state index contributed by atoms with van der Waals surface area (Å²) in [5.74, 6) is 1.07. The Morgan fingerprint density at radius 2 is 2.14 bits per heavy atom. The summed E-state index contributed by atoms with van der Waals surface area (Å²) < 4.78 is 7.42. The number of benzene rings is 1. The summed E-state index contributed by atoms with van der Waals surface area (Å²) in [6, 6.07) is 5.68. The van der Waals surface area contributed by atoms with Crippen molar-refractivity contribution in [2.24, 2.45) is 10.7 Å². The number of hydrogen-bond donors (Lipinski definition) is 3. The molecule has 0 fully saturated rings. The van der Waals surface area contributed by atoms with Gasteiger partial charge in [0.25, 0.3) is 0 Å². The van der Waals surface area contributed by atoms with Crippen LogP contribution in [0.3, 0.4) is 0 Å². The van der Waals surface area contributed by atoms with Crippen LogP contribution in [0.1, 0.15) is 32.4 Å². The number of aliphatic imine (C=N–C) groups is 1. The molecule has 0 unspecified atom stereocenters. The third-order valence-electron chi connectivity index (χ3n) is 4.61. The third kappa shape index (κ3) is 4.80. The molecule has 2 aromatic rings. The molecule has 0 radical (unpaired) electrons. The first-order chi connectivity index (χ1) is 13.4. The first-order valence-electron chi connectivity index (χ1n) is 9.21. The van der Waals surface area contributed by atoms with E-state index in [1.807, 2.05) is 49.7 Å². The Morgan fingerprint density at radius 3 is 2.68 bits per heavy atom. The van der Waals surface area contributed by atoms with Gasteiger partial charge in [0.1, 0.15) is 17.2 Å². The van der Waals surface area contributed by atoms with Crippen molar-refractivity contribution in [2.45, 2.75) is 39.2 Å². The zero-order valence-corrected chi connectivity index (χ0v) is 16.9. The molecule has 0 saturated heterocycles. The molecule has 0 amide bonds. The van der Waals surface area contributed by atoms with E-state index >= 15 is 0 Å². The first kappa shape index (κ1) is 21.2. The molecule has 1 aromatic heterocycles. The van der Waals surface area contributed by atoms with E-state index in [0.717, 1.165) is 17.1 Å². The molecule has 0 atom stereocenters. The van der Waals surface area contributed by atoms with Gasteiger partial charge < -0.3 is 25.5 Å². The van der Waals surface area contributed by atoms with Crippen LogP contribution >= 0.6 is 0 Å². The number of imidazole rings is 1. The molecule has 2 rings (SSSR count). The van der Waals surface area contributed by atoms with E-state index in [4.69, 9.17) is 10.5 Å². The van der Waals surface area contributed by atoms with Crippen molar-refractivity contribution in [3.05, 3.63) is 61.1 Å². The van der Waals surface area contributed by atoms with Gasteiger partial charge >= 0.3 is 0 Å². The minimum absolute atomic E-state index is 0.390. The molecular weight excluding hydrogens is 354 g/mol. The van der Waals surface area contributed by atoms with Gasteiger partial charge in [-0.2, -0.15) is 0 Å². The van der Waals surface area contributed by atoms with Gasteiger partial charge in [-0.1, -0.05) is 20.4 Å². The topological polar surface area (TPSA) is 97.7 Å². The SMILES string of the molecule is C=C(/N=C(\C=C/N)C(O)(CC)CC)Nc1ccc(-n2cnc(C)c2)c(OC)c1. The second kappa shape index (κ2) is 9.23. The monoisotopic (exact) mass is 383 g/mol. The van der Waals surface area contributed by atoms with Crippen LogP contribution in [0.2, 0.25) is 0 Å². The van der Waals surface area contributed by atoms with E-state index in [1.165, 1.54) is 6.20 Å². The van der Waals surface area contributed by atoms with Crippen molar-refractivity contribution in [3.63, 3.8) is 0 Å². The molecule has 1 aromatic carbocycles. The molecule has 0 aliphatic heterocycles. The Bertz CT molecular complexity index is 879. The minimum Gasteiger partial charge on any atom is -0.494 e. The maximum Gasteiger partial charge on any atom is 0.144 e. The summed E-state index contributed by atoms with van der Waals surface area (Å²) >= 11 is 0. The Hall–Kier alpha value is -3.06. The van der Waals surface area contributed by atoms with E-state index in [2.05, 4.69) is 21.9 Å². The predicted octanol–water partition coefficient (Wildman–Crippen LogP) is 3.54. The van der Waals surface area contributed by atoms with Crippen molar-refractivity contribution in [3.8, 4) is 11.4 Å². The lowest BCUT2D eigenvalue weighted by Crippen LogP contribution is -2.36. The van der Waals surface area contributed by atoms with Crippen molar-refractivity contribution in [1.82, 2.24) is 9.55 Å². The predicted molar refractivity (Wildman–Crippen MR) is 114 cm³/mol. The highest BCUT2D eigenvalue weighted by Crippen LogP contribution is 2.28. The fraction of sp³-hybridized carbons (Fsp3) is 0.333. The second-order valence-corrected chi connectivity index (χ2v) is 6.48. The number of aryl methyl sites for hydroxylation is 1. The van der Waals surface area contributed by atoms with E-state index in [1.54, 1.807) is 19.5 Å². The Morgan fingerprint density at radius 1 is 1.43 bits per heavy atom. The summed E-state index contributed by atoms with van der Waals surface area (Å²) in [6.45, 7) is 9.69. The van der Waals surface area contributed by atoms with E-state index in [9.17, 15) is 5.11 Å². The third-order valence-corrected chi connectivity index (χ3v) is 4.61. The van der Waals surface area contributed by atoms with Crippen LogP contribution < -0.4 is 15.8 Å². The van der Waals surface area contributed by atoms with Crippen LogP contribution in [0.25, 0.3) is 5.69 Å². The molecule has 28 heavy (non-hydrogen) atoms. The molecule has 4 N–H and O–H groups in total. The summed E-state index contributed by atoms with van der Waals surface area (Å²) in [5.41, 5.74) is 7.50. The number of nitrogens with zero attached hydrogens (tertiary/aromatic N) is 3. The zero-order valence-electron chi connectivity index (χ0n) is 16.9. The summed E-state index contributed by atoms with van der Waals surface area (Å²) in [5, 5.41) is 13.9. The van der Waals surface area contributed by atoms with Gasteiger partial charge in [0.05, 0.1) is 30.5 Å². The van der Waals surface area contributed by atoms with Gasteiger partial charge in [-0.3, -0.25) is 0 Å². The van der Waals surface area contributed by atoms with Crippen LogP contribution in [0.4, 0.5) is 5.69 Å². The summed E-state index contributed by atoms with van der Waals surface area (Å²) in [6.07, 6.45) is 7.68. The molecule has 0 saturated carbocycles. The molecule has 0 spiro atoms. The number of aliphatic hydroxyl groups is 1. The normalized spacial score (nSPS) is 12.4. The smallest absolute Gasteiger partial charge is 0.144 e. The average Bonchev–Trinajstić information content (AvgIpc) is 3.12. The maximum atomic E-state index is 10.7. The molecular formula is C21H29N5O2. The van der Waals surface area contributed by atoms with E-state index < -0.39 is 5.60 Å². The lowest BCUT2D eigenvalue weighted by Gasteiger charge is -2.25. The molecule has 0 aliphatic rings. The van der Waals surface area contributed by atoms with Crippen LogP contribution in [0, 0.1) is 6.92 Å². The van der Waals surface area contributed by atoms with Gasteiger partial charge in [-0.15, -0.1) is 0 Å². The lowest BCUT2D eigenvalue weighted by molar-refractivity contribution is 0.104. The van der Waals surface area contributed by atoms with E-state index in [0.29, 0.717) is 30.1 Å². The number of anilines is 1. The highest BCUT2D eigenvalue weighted by molar-refractivity contribution is 6.02. The molecule has 1 heterocycles. The molecule has 7 nitrogen and oxygen atoms in total. The van der Waals surface area contributed by atoms with Crippen LogP contribution in [0.15, 0.2) is 60.4 Å². The van der Waals surface area contributed by atoms with Gasteiger partial charge in [-0.05, 0) is 44.2 Å². The van der Waals surface area contributed by atoms with Crippen LogP contribution in [-0.2, 0) is 0 Å². The second-order valence-electron chi connectivity index (χ2n) is 6.48. The molecule has 150 valence electrons. The number of nitrogens with one attached hydrogen (secondary N) is 1. The van der Waals surface area contributed by atoms with Crippen molar-refractivity contribution in [2.75, 3.05) is 12.4 Å². The average molecular weight is 383 g/mol. The van der Waals surface area contributed by atoms with Gasteiger partial charge in [-0.25, -0.2) is 9.98 Å².